The van der Waals surface area contributed by atoms with Crippen LogP contribution < -0.4 is 29.7 Å². The third-order valence-corrected chi connectivity index (χ3v) is 5.93. The second-order valence-electron chi connectivity index (χ2n) is 9.40. The number of nitrogens with one attached hydrogen (secondary N) is 2. The number of benzene rings is 2. The van der Waals surface area contributed by atoms with Crippen LogP contribution in [0.3, 0.4) is 0 Å². The van der Waals surface area contributed by atoms with E-state index in [1.165, 1.54) is 0 Å². The summed E-state index contributed by atoms with van der Waals surface area (Å²) in [7, 11) is 4.81. The molecule has 12 heteroatoms. The first-order valence-corrected chi connectivity index (χ1v) is 12.9. The zero-order valence-corrected chi connectivity index (χ0v) is 23.6. The fraction of sp³-hybridized carbons (Fsp3) is 0.464. The second-order valence-corrected chi connectivity index (χ2v) is 9.40. The number of rotatable bonds is 11. The van der Waals surface area contributed by atoms with E-state index in [2.05, 4.69) is 24.6 Å². The molecular weight excluding hydrogens is 522 g/mol. The molecule has 0 bridgehead atoms. The van der Waals surface area contributed by atoms with E-state index in [4.69, 9.17) is 38.7 Å². The van der Waals surface area contributed by atoms with Crippen LogP contribution in [0.2, 0.25) is 0 Å². The maximum absolute atomic E-state index is 13.1. The summed E-state index contributed by atoms with van der Waals surface area (Å²) in [6.07, 6.45) is 2.84. The SMILES string of the molecule is COc1ccc(NC(=O)C2CCCCN2NCc2ccc(OC)c(OCC(C)C)c2)cc1OC.O=C(O)C(=O)O. The van der Waals surface area contributed by atoms with E-state index in [1.807, 2.05) is 29.3 Å². The molecule has 3 rings (SSSR count). The van der Waals surface area contributed by atoms with Gasteiger partial charge in [0.05, 0.1) is 27.9 Å². The normalized spacial score (nSPS) is 14.9. The predicted octanol–water partition coefficient (Wildman–Crippen LogP) is 3.40. The number of carbonyl (C=O) groups is 3. The average Bonchev–Trinajstić information content (AvgIpc) is 2.95. The zero-order chi connectivity index (χ0) is 29.7. The van der Waals surface area contributed by atoms with Crippen LogP contribution in [-0.4, -0.2) is 73.6 Å². The van der Waals surface area contributed by atoms with Gasteiger partial charge in [0.25, 0.3) is 0 Å². The van der Waals surface area contributed by atoms with Crippen LogP contribution in [0.4, 0.5) is 5.69 Å². The molecule has 1 saturated heterocycles. The van der Waals surface area contributed by atoms with Gasteiger partial charge in [-0.1, -0.05) is 19.9 Å². The molecule has 220 valence electrons. The van der Waals surface area contributed by atoms with Gasteiger partial charge in [0.2, 0.25) is 5.91 Å². The van der Waals surface area contributed by atoms with Gasteiger partial charge in [-0.2, -0.15) is 0 Å². The number of carboxylic acids is 2. The molecule has 1 heterocycles. The molecule has 0 spiro atoms. The number of piperidine rings is 1. The molecule has 1 aliphatic heterocycles. The molecule has 1 aliphatic rings. The number of hydrogen-bond donors (Lipinski definition) is 4. The summed E-state index contributed by atoms with van der Waals surface area (Å²) in [6, 6.07) is 11.0. The quantitative estimate of drug-likeness (QED) is 0.298. The van der Waals surface area contributed by atoms with Gasteiger partial charge in [-0.15, -0.1) is 0 Å². The highest BCUT2D eigenvalue weighted by Crippen LogP contribution is 2.31. The molecule has 1 fully saturated rings. The van der Waals surface area contributed by atoms with Crippen molar-refractivity contribution in [3.05, 3.63) is 42.0 Å². The summed E-state index contributed by atoms with van der Waals surface area (Å²) in [5.74, 6) is -0.622. The lowest BCUT2D eigenvalue weighted by Gasteiger charge is -2.35. The fourth-order valence-electron chi connectivity index (χ4n) is 3.93. The monoisotopic (exact) mass is 561 g/mol. The molecule has 12 nitrogen and oxygen atoms in total. The van der Waals surface area contributed by atoms with Gasteiger partial charge >= 0.3 is 11.9 Å². The Morgan fingerprint density at radius 3 is 2.12 bits per heavy atom. The first-order chi connectivity index (χ1) is 19.1. The molecule has 0 aliphatic carbocycles. The van der Waals surface area contributed by atoms with Gasteiger partial charge in [-0.3, -0.25) is 10.2 Å². The fourth-order valence-corrected chi connectivity index (χ4v) is 3.93. The minimum atomic E-state index is -1.82. The molecule has 1 amide bonds. The summed E-state index contributed by atoms with van der Waals surface area (Å²) in [6.45, 7) is 6.24. The van der Waals surface area contributed by atoms with Crippen molar-refractivity contribution >= 4 is 23.5 Å². The molecule has 0 aromatic heterocycles. The minimum Gasteiger partial charge on any atom is -0.493 e. The highest BCUT2D eigenvalue weighted by Gasteiger charge is 2.29. The van der Waals surface area contributed by atoms with E-state index >= 15 is 0 Å². The van der Waals surface area contributed by atoms with E-state index in [1.54, 1.807) is 33.5 Å². The number of nitrogens with zero attached hydrogens (tertiary/aromatic N) is 1. The van der Waals surface area contributed by atoms with Crippen LogP contribution in [-0.2, 0) is 20.9 Å². The molecule has 2 aromatic rings. The summed E-state index contributed by atoms with van der Waals surface area (Å²) < 4.78 is 22.0. The van der Waals surface area contributed by atoms with Crippen molar-refractivity contribution in [1.82, 2.24) is 10.4 Å². The maximum Gasteiger partial charge on any atom is 0.414 e. The van der Waals surface area contributed by atoms with Crippen molar-refractivity contribution in [2.45, 2.75) is 45.7 Å². The Kier molecular flexibility index (Phi) is 13.0. The number of hydrazine groups is 1. The van der Waals surface area contributed by atoms with Gasteiger partial charge in [0.15, 0.2) is 23.0 Å². The number of ether oxygens (including phenoxy) is 4. The van der Waals surface area contributed by atoms with Crippen LogP contribution in [0.15, 0.2) is 36.4 Å². The summed E-state index contributed by atoms with van der Waals surface area (Å²) in [4.78, 5) is 31.3. The van der Waals surface area contributed by atoms with Crippen LogP contribution in [0, 0.1) is 5.92 Å². The number of amides is 1. The Balaban J connectivity index is 0.000000840. The summed E-state index contributed by atoms with van der Waals surface area (Å²) in [5, 5.41) is 19.8. The molecule has 40 heavy (non-hydrogen) atoms. The van der Waals surface area contributed by atoms with E-state index < -0.39 is 11.9 Å². The van der Waals surface area contributed by atoms with Gasteiger partial charge < -0.3 is 34.5 Å². The molecule has 1 atom stereocenters. The number of anilines is 1. The molecule has 2 aromatic carbocycles. The lowest BCUT2D eigenvalue weighted by Crippen LogP contribution is -2.53. The number of hydrogen-bond acceptors (Lipinski definition) is 9. The topological polar surface area (TPSA) is 156 Å². The first kappa shape index (κ1) is 32.2. The van der Waals surface area contributed by atoms with E-state index in [0.717, 1.165) is 42.9 Å². The average molecular weight is 562 g/mol. The highest BCUT2D eigenvalue weighted by atomic mass is 16.5. The van der Waals surface area contributed by atoms with Crippen LogP contribution >= 0.6 is 0 Å². The highest BCUT2D eigenvalue weighted by molar-refractivity contribution is 6.27. The lowest BCUT2D eigenvalue weighted by atomic mass is 10.0. The van der Waals surface area contributed by atoms with Gasteiger partial charge in [-0.25, -0.2) is 14.6 Å². The molecule has 0 saturated carbocycles. The predicted molar refractivity (Wildman–Crippen MR) is 148 cm³/mol. The lowest BCUT2D eigenvalue weighted by molar-refractivity contribution is -0.159. The summed E-state index contributed by atoms with van der Waals surface area (Å²) >= 11 is 0. The smallest absolute Gasteiger partial charge is 0.414 e. The van der Waals surface area contributed by atoms with E-state index in [9.17, 15) is 4.79 Å². The first-order valence-electron chi connectivity index (χ1n) is 12.9. The second kappa shape index (κ2) is 16.2. The molecular formula is C28H39N3O9. The Labute approximate surface area is 234 Å². The Morgan fingerprint density at radius 2 is 1.52 bits per heavy atom. The zero-order valence-electron chi connectivity index (χ0n) is 23.6. The Bertz CT molecular complexity index is 1130. The van der Waals surface area contributed by atoms with Crippen molar-refractivity contribution in [3.8, 4) is 23.0 Å². The van der Waals surface area contributed by atoms with Gasteiger partial charge in [-0.05, 0) is 55.0 Å². The number of methoxy groups -OCH3 is 3. The van der Waals surface area contributed by atoms with Crippen molar-refractivity contribution in [1.29, 1.82) is 0 Å². The third-order valence-electron chi connectivity index (χ3n) is 5.93. The minimum absolute atomic E-state index is 0.0462. The van der Waals surface area contributed by atoms with Crippen molar-refractivity contribution in [2.75, 3.05) is 39.8 Å². The van der Waals surface area contributed by atoms with E-state index in [0.29, 0.717) is 36.3 Å². The van der Waals surface area contributed by atoms with Crippen LogP contribution in [0.5, 0.6) is 23.0 Å². The van der Waals surface area contributed by atoms with Crippen molar-refractivity contribution in [3.63, 3.8) is 0 Å². The maximum atomic E-state index is 13.1. The van der Waals surface area contributed by atoms with Crippen molar-refractivity contribution < 1.29 is 43.5 Å². The van der Waals surface area contributed by atoms with E-state index in [-0.39, 0.29) is 11.9 Å². The number of carbonyl (C=O) groups excluding carboxylic acids is 1. The molecule has 0 radical (unpaired) electrons. The molecule has 4 N–H and O–H groups in total. The van der Waals surface area contributed by atoms with Crippen LogP contribution in [0.25, 0.3) is 0 Å². The number of aliphatic carboxylic acids is 2. The van der Waals surface area contributed by atoms with Crippen molar-refractivity contribution in [2.24, 2.45) is 5.92 Å². The van der Waals surface area contributed by atoms with Gasteiger partial charge in [0, 0.05) is 24.8 Å². The number of carboxylic acid groups (broad SMARTS) is 2. The molecule has 1 unspecified atom stereocenters. The summed E-state index contributed by atoms with van der Waals surface area (Å²) in [5.41, 5.74) is 5.19. The standard InChI is InChI=1S/C26H37N3O5.C2H2O4/c1-18(2)17-34-25-14-19(9-11-23(25)32-4)16-27-29-13-7-6-8-21(29)26(30)28-20-10-12-22(31-3)24(15-20)33-5;3-1(4)2(5)6/h9-12,14-15,18,21,27H,6-8,13,16-17H2,1-5H3,(H,28,30);(H,3,4)(H,5,6). The van der Waals surface area contributed by atoms with Gasteiger partial charge in [0.1, 0.15) is 6.04 Å². The van der Waals surface area contributed by atoms with Crippen LogP contribution in [0.1, 0.15) is 38.7 Å². The largest absolute Gasteiger partial charge is 0.493 e. The Morgan fingerprint density at radius 1 is 0.900 bits per heavy atom. The Hall–Kier alpha value is -4.03. The third kappa shape index (κ3) is 9.93.